The zero-order valence-corrected chi connectivity index (χ0v) is 13.1. The molecule has 1 aromatic heterocycles. The molecular weight excluding hydrogens is 348 g/mol. The van der Waals surface area contributed by atoms with Crippen molar-refractivity contribution in [2.24, 2.45) is 0 Å². The summed E-state index contributed by atoms with van der Waals surface area (Å²) in [6.45, 7) is 0.558. The fourth-order valence-electron chi connectivity index (χ4n) is 2.24. The van der Waals surface area contributed by atoms with Crippen LogP contribution in [0.5, 0.6) is 0 Å². The second-order valence-electron chi connectivity index (χ2n) is 4.80. The molecule has 0 aliphatic rings. The summed E-state index contributed by atoms with van der Waals surface area (Å²) in [6, 6.07) is 12.8. The van der Waals surface area contributed by atoms with Crippen LogP contribution in [0.1, 0.15) is 5.82 Å². The number of hydrogen-bond acceptors (Lipinski definition) is 4. The van der Waals surface area contributed by atoms with E-state index in [4.69, 9.17) is 0 Å². The molecule has 0 saturated carbocycles. The average Bonchev–Trinajstić information content (AvgIpc) is 2.91. The molecule has 0 atom stereocenters. The van der Waals surface area contributed by atoms with Crippen LogP contribution in [0.25, 0.3) is 11.0 Å². The van der Waals surface area contributed by atoms with Gasteiger partial charge in [0.1, 0.15) is 11.5 Å². The maximum Gasteiger partial charge on any atom is 0.293 e. The Balaban J connectivity index is 1.69. The Morgan fingerprint density at radius 1 is 1.27 bits per heavy atom. The highest BCUT2D eigenvalue weighted by Crippen LogP contribution is 2.27. The fraction of sp³-hybridized carbons (Fsp3) is 0.133. The largest absolute Gasteiger partial charge is 0.379 e. The molecule has 3 rings (SSSR count). The fourth-order valence-corrected chi connectivity index (χ4v) is 2.59. The first kappa shape index (κ1) is 14.5. The Hall–Kier alpha value is -2.41. The first-order chi connectivity index (χ1) is 10.6. The van der Waals surface area contributed by atoms with Crippen molar-refractivity contribution in [2.75, 3.05) is 11.9 Å². The summed E-state index contributed by atoms with van der Waals surface area (Å²) < 4.78 is 0.682. The summed E-state index contributed by atoms with van der Waals surface area (Å²) in [7, 11) is 0. The lowest BCUT2D eigenvalue weighted by atomic mass is 10.2. The van der Waals surface area contributed by atoms with Crippen molar-refractivity contribution in [3.63, 3.8) is 0 Å². The number of halogens is 1. The number of nitro benzene ring substituents is 1. The third kappa shape index (κ3) is 3.09. The van der Waals surface area contributed by atoms with E-state index in [1.807, 2.05) is 24.3 Å². The van der Waals surface area contributed by atoms with Crippen LogP contribution in [0.15, 0.2) is 46.9 Å². The predicted molar refractivity (Wildman–Crippen MR) is 89.1 cm³/mol. The van der Waals surface area contributed by atoms with E-state index in [0.717, 1.165) is 16.9 Å². The number of nitrogens with zero attached hydrogens (tertiary/aromatic N) is 2. The maximum absolute atomic E-state index is 11.1. The first-order valence-corrected chi connectivity index (χ1v) is 7.54. The monoisotopic (exact) mass is 360 g/mol. The van der Waals surface area contributed by atoms with E-state index in [1.54, 1.807) is 12.1 Å². The zero-order chi connectivity index (χ0) is 15.5. The second-order valence-corrected chi connectivity index (χ2v) is 5.71. The number of nitrogens with one attached hydrogen (secondary N) is 2. The molecule has 2 N–H and O–H groups in total. The lowest BCUT2D eigenvalue weighted by molar-refractivity contribution is -0.384. The Kier molecular flexibility index (Phi) is 4.06. The van der Waals surface area contributed by atoms with Gasteiger partial charge in [-0.25, -0.2) is 4.98 Å². The summed E-state index contributed by atoms with van der Waals surface area (Å²) in [4.78, 5) is 18.4. The van der Waals surface area contributed by atoms with Crippen LogP contribution < -0.4 is 5.32 Å². The van der Waals surface area contributed by atoms with Gasteiger partial charge >= 0.3 is 0 Å². The van der Waals surface area contributed by atoms with E-state index in [9.17, 15) is 10.1 Å². The molecule has 1 heterocycles. The summed E-state index contributed by atoms with van der Waals surface area (Å²) in [5.41, 5.74) is 2.47. The Morgan fingerprint density at radius 3 is 2.86 bits per heavy atom. The lowest BCUT2D eigenvalue weighted by Crippen LogP contribution is -2.07. The minimum Gasteiger partial charge on any atom is -0.379 e. The molecule has 0 radical (unpaired) electrons. The van der Waals surface area contributed by atoms with E-state index in [-0.39, 0.29) is 5.69 Å². The van der Waals surface area contributed by atoms with Gasteiger partial charge in [-0.2, -0.15) is 0 Å². The van der Waals surface area contributed by atoms with Crippen molar-refractivity contribution in [1.82, 2.24) is 9.97 Å². The molecule has 0 bridgehead atoms. The van der Waals surface area contributed by atoms with E-state index >= 15 is 0 Å². The lowest BCUT2D eigenvalue weighted by Gasteiger charge is -2.06. The summed E-state index contributed by atoms with van der Waals surface area (Å²) in [5, 5.41) is 14.1. The molecule has 2 aromatic carbocycles. The summed E-state index contributed by atoms with van der Waals surface area (Å²) in [5.74, 6) is 0.855. The van der Waals surface area contributed by atoms with Crippen LogP contribution in [0.3, 0.4) is 0 Å². The number of nitro groups is 1. The van der Waals surface area contributed by atoms with E-state index in [0.29, 0.717) is 23.1 Å². The number of hydrogen-bond donors (Lipinski definition) is 2. The van der Waals surface area contributed by atoms with Crippen molar-refractivity contribution in [2.45, 2.75) is 6.42 Å². The van der Waals surface area contributed by atoms with Gasteiger partial charge < -0.3 is 10.3 Å². The second kappa shape index (κ2) is 6.15. The topological polar surface area (TPSA) is 83.8 Å². The molecule has 0 aliphatic carbocycles. The van der Waals surface area contributed by atoms with E-state index in [2.05, 4.69) is 31.2 Å². The zero-order valence-electron chi connectivity index (χ0n) is 11.5. The minimum atomic E-state index is -0.395. The molecule has 0 amide bonds. The third-order valence-electron chi connectivity index (χ3n) is 3.27. The predicted octanol–water partition coefficient (Wildman–Crippen LogP) is 3.89. The van der Waals surface area contributed by atoms with Gasteiger partial charge in [-0.3, -0.25) is 10.1 Å². The van der Waals surface area contributed by atoms with Gasteiger partial charge in [0.2, 0.25) is 0 Å². The van der Waals surface area contributed by atoms with Gasteiger partial charge in [0.25, 0.3) is 5.69 Å². The number of anilines is 1. The molecule has 0 aliphatic heterocycles. The Labute approximate surface area is 134 Å². The number of H-pyrrole nitrogens is 1. The number of aromatic amines is 1. The molecule has 6 nitrogen and oxygen atoms in total. The third-order valence-corrected chi connectivity index (χ3v) is 3.77. The van der Waals surface area contributed by atoms with Gasteiger partial charge in [-0.1, -0.05) is 28.1 Å². The molecule has 112 valence electrons. The number of benzene rings is 2. The van der Waals surface area contributed by atoms with Gasteiger partial charge in [0.15, 0.2) is 0 Å². The minimum absolute atomic E-state index is 0.0546. The van der Waals surface area contributed by atoms with Gasteiger partial charge in [-0.05, 0) is 24.3 Å². The van der Waals surface area contributed by atoms with Crippen molar-refractivity contribution >= 4 is 38.3 Å². The quantitative estimate of drug-likeness (QED) is 0.533. The molecule has 0 spiro atoms. The first-order valence-electron chi connectivity index (χ1n) is 6.75. The Morgan fingerprint density at radius 2 is 2.09 bits per heavy atom. The molecule has 0 saturated heterocycles. The molecule has 22 heavy (non-hydrogen) atoms. The van der Waals surface area contributed by atoms with Crippen LogP contribution in [0.4, 0.5) is 11.4 Å². The van der Waals surface area contributed by atoms with Crippen LogP contribution in [-0.4, -0.2) is 21.4 Å². The number of aromatic nitrogens is 2. The van der Waals surface area contributed by atoms with E-state index in [1.165, 1.54) is 6.07 Å². The number of para-hydroxylation sites is 2. The van der Waals surface area contributed by atoms with Crippen molar-refractivity contribution < 1.29 is 4.92 Å². The highest BCUT2D eigenvalue weighted by molar-refractivity contribution is 9.10. The molecule has 3 aromatic rings. The highest BCUT2D eigenvalue weighted by Gasteiger charge is 2.13. The normalized spacial score (nSPS) is 10.8. The summed E-state index contributed by atoms with van der Waals surface area (Å²) in [6.07, 6.45) is 0.655. The van der Waals surface area contributed by atoms with Crippen molar-refractivity contribution in [3.05, 3.63) is 62.9 Å². The summed E-state index contributed by atoms with van der Waals surface area (Å²) >= 11 is 3.24. The molecule has 0 fully saturated rings. The van der Waals surface area contributed by atoms with Gasteiger partial charge in [0, 0.05) is 23.5 Å². The number of fused-ring (bicyclic) bond motifs is 1. The molecular formula is C15H13BrN4O2. The van der Waals surface area contributed by atoms with Gasteiger partial charge in [0.05, 0.1) is 16.0 Å². The van der Waals surface area contributed by atoms with Crippen LogP contribution >= 0.6 is 15.9 Å². The highest BCUT2D eigenvalue weighted by atomic mass is 79.9. The Bertz CT molecular complexity index is 798. The maximum atomic E-state index is 11.1. The average molecular weight is 361 g/mol. The van der Waals surface area contributed by atoms with E-state index < -0.39 is 4.92 Å². The SMILES string of the molecule is O=[N+]([O-])c1cc(Br)ccc1NCCc1nc2ccccc2[nH]1. The van der Waals surface area contributed by atoms with Crippen LogP contribution in [0, 0.1) is 10.1 Å². The number of rotatable bonds is 5. The van der Waals surface area contributed by atoms with Crippen molar-refractivity contribution in [3.8, 4) is 0 Å². The molecule has 0 unspecified atom stereocenters. The van der Waals surface area contributed by atoms with Gasteiger partial charge in [-0.15, -0.1) is 0 Å². The van der Waals surface area contributed by atoms with Crippen LogP contribution in [0.2, 0.25) is 0 Å². The standard InChI is InChI=1S/C15H13BrN4O2/c16-10-5-6-13(14(9-10)20(21)22)17-8-7-15-18-11-3-1-2-4-12(11)19-15/h1-6,9,17H,7-8H2,(H,18,19). The van der Waals surface area contributed by atoms with Crippen LogP contribution in [-0.2, 0) is 6.42 Å². The smallest absolute Gasteiger partial charge is 0.293 e. The van der Waals surface area contributed by atoms with Crippen molar-refractivity contribution in [1.29, 1.82) is 0 Å². The molecule has 7 heteroatoms. The number of imidazole rings is 1.